The van der Waals surface area contributed by atoms with Crippen molar-refractivity contribution in [3.8, 4) is 0 Å². The molecule has 12 heteroatoms. The average Bonchev–Trinajstić information content (AvgIpc) is 3.35. The molecule has 0 radical (unpaired) electrons. The molecule has 1 atom stereocenters. The lowest BCUT2D eigenvalue weighted by atomic mass is 9.90. The van der Waals surface area contributed by atoms with Gasteiger partial charge in [0, 0.05) is 31.4 Å². The van der Waals surface area contributed by atoms with E-state index in [1.165, 1.54) is 28.0 Å². The van der Waals surface area contributed by atoms with E-state index in [4.69, 9.17) is 4.74 Å². The Balaban J connectivity index is 1.58. The second-order valence-electron chi connectivity index (χ2n) is 7.47. The molecule has 5 rings (SSSR count). The lowest BCUT2D eigenvalue weighted by Crippen LogP contribution is -2.42. The molecule has 1 amide bonds. The molecule has 3 aliphatic rings. The standard InChI is InChI=1S/C20H13F3N4O5/c21-20(22,23)14-6-5-11(9-24-14)10-25-7-8-26-16(25)15(27(30)31)19(18(26)29)13-4-2-1-3-12(13)17(28)32-19/h1-6,9H,7-8,10H2. The Kier molecular flexibility index (Phi) is 4.07. The van der Waals surface area contributed by atoms with Crippen molar-refractivity contribution in [1.29, 1.82) is 0 Å². The zero-order valence-corrected chi connectivity index (χ0v) is 16.1. The van der Waals surface area contributed by atoms with Crippen LogP contribution >= 0.6 is 0 Å². The summed E-state index contributed by atoms with van der Waals surface area (Å²) >= 11 is 0. The number of alkyl halides is 3. The summed E-state index contributed by atoms with van der Waals surface area (Å²) in [5, 5.41) is 12.1. The number of nitrogens with zero attached hydrogens (tertiary/aromatic N) is 4. The van der Waals surface area contributed by atoms with Crippen molar-refractivity contribution in [3.05, 3.63) is 86.6 Å². The largest absolute Gasteiger partial charge is 0.433 e. The van der Waals surface area contributed by atoms with E-state index in [2.05, 4.69) is 4.98 Å². The van der Waals surface area contributed by atoms with Gasteiger partial charge in [-0.3, -0.25) is 24.8 Å². The highest BCUT2D eigenvalue weighted by Gasteiger charge is 2.69. The van der Waals surface area contributed by atoms with Crippen molar-refractivity contribution in [3.63, 3.8) is 0 Å². The lowest BCUT2D eigenvalue weighted by molar-refractivity contribution is -0.442. The molecule has 32 heavy (non-hydrogen) atoms. The van der Waals surface area contributed by atoms with Gasteiger partial charge in [-0.15, -0.1) is 0 Å². The summed E-state index contributed by atoms with van der Waals surface area (Å²) in [6.07, 6.45) is -3.55. The molecule has 1 aromatic heterocycles. The fraction of sp³-hybridized carbons (Fsp3) is 0.250. The molecule has 2 aromatic rings. The number of hydrogen-bond donors (Lipinski definition) is 0. The molecule has 1 saturated heterocycles. The van der Waals surface area contributed by atoms with Crippen molar-refractivity contribution < 1.29 is 32.4 Å². The Bertz CT molecular complexity index is 1210. The maximum atomic E-state index is 13.3. The van der Waals surface area contributed by atoms with Crippen LogP contribution in [0.5, 0.6) is 0 Å². The van der Waals surface area contributed by atoms with E-state index in [0.29, 0.717) is 5.56 Å². The van der Waals surface area contributed by atoms with E-state index in [1.54, 1.807) is 12.1 Å². The zero-order chi connectivity index (χ0) is 22.8. The number of esters is 1. The third kappa shape index (κ3) is 2.61. The number of fused-ring (bicyclic) bond motifs is 3. The van der Waals surface area contributed by atoms with Crippen molar-refractivity contribution >= 4 is 11.9 Å². The predicted octanol–water partition coefficient (Wildman–Crippen LogP) is 2.27. The summed E-state index contributed by atoms with van der Waals surface area (Å²) in [4.78, 5) is 43.2. The monoisotopic (exact) mass is 446 g/mol. The van der Waals surface area contributed by atoms with Crippen LogP contribution in [0.1, 0.15) is 27.2 Å². The predicted molar refractivity (Wildman–Crippen MR) is 98.9 cm³/mol. The molecule has 1 spiro atoms. The Morgan fingerprint density at radius 1 is 1.16 bits per heavy atom. The van der Waals surface area contributed by atoms with Crippen molar-refractivity contribution in [2.75, 3.05) is 13.1 Å². The molecule has 0 aliphatic carbocycles. The van der Waals surface area contributed by atoms with Gasteiger partial charge in [0.1, 0.15) is 5.69 Å². The van der Waals surface area contributed by atoms with Crippen LogP contribution in [0.25, 0.3) is 0 Å². The topological polar surface area (TPSA) is 106 Å². The molecule has 1 fully saturated rings. The first-order chi connectivity index (χ1) is 15.1. The lowest BCUT2D eigenvalue weighted by Gasteiger charge is -2.21. The van der Waals surface area contributed by atoms with Crippen LogP contribution in [0.2, 0.25) is 0 Å². The summed E-state index contributed by atoms with van der Waals surface area (Å²) in [7, 11) is 0. The fourth-order valence-electron chi connectivity index (χ4n) is 4.35. The Morgan fingerprint density at radius 3 is 2.56 bits per heavy atom. The number of halogens is 3. The number of aromatic nitrogens is 1. The number of rotatable bonds is 3. The van der Waals surface area contributed by atoms with Gasteiger partial charge in [0.25, 0.3) is 5.91 Å². The van der Waals surface area contributed by atoms with Crippen molar-refractivity contribution in [2.45, 2.75) is 18.3 Å². The SMILES string of the molecule is O=C1OC2(C(=O)N3CCN(Cc4ccc(C(F)(F)F)nc4)C3=C2[N+](=O)[O-])c2ccccc21. The van der Waals surface area contributed by atoms with E-state index in [1.807, 2.05) is 0 Å². The molecule has 1 aromatic carbocycles. The maximum absolute atomic E-state index is 13.3. The van der Waals surface area contributed by atoms with E-state index in [-0.39, 0.29) is 36.6 Å². The number of carbonyl (C=O) groups is 2. The molecule has 0 saturated carbocycles. The van der Waals surface area contributed by atoms with Crippen LogP contribution in [-0.4, -0.2) is 44.7 Å². The maximum Gasteiger partial charge on any atom is 0.433 e. The van der Waals surface area contributed by atoms with Crippen LogP contribution in [0.15, 0.2) is 54.1 Å². The summed E-state index contributed by atoms with van der Waals surface area (Å²) in [6.45, 7) is 0.291. The Hall–Kier alpha value is -3.96. The van der Waals surface area contributed by atoms with Crippen LogP contribution in [0.3, 0.4) is 0 Å². The summed E-state index contributed by atoms with van der Waals surface area (Å²) < 4.78 is 43.7. The highest BCUT2D eigenvalue weighted by Crippen LogP contribution is 2.51. The van der Waals surface area contributed by atoms with Crippen molar-refractivity contribution in [1.82, 2.24) is 14.8 Å². The van der Waals surface area contributed by atoms with Gasteiger partial charge in [-0.25, -0.2) is 4.79 Å². The Morgan fingerprint density at radius 2 is 1.91 bits per heavy atom. The molecule has 164 valence electrons. The second kappa shape index (κ2) is 6.52. The fourth-order valence-corrected chi connectivity index (χ4v) is 4.35. The van der Waals surface area contributed by atoms with Gasteiger partial charge in [0.2, 0.25) is 0 Å². The van der Waals surface area contributed by atoms with Crippen molar-refractivity contribution in [2.24, 2.45) is 0 Å². The Labute approximate surface area is 177 Å². The molecule has 3 aliphatic heterocycles. The highest BCUT2D eigenvalue weighted by atomic mass is 19.4. The molecule has 0 N–H and O–H groups in total. The quantitative estimate of drug-likeness (QED) is 0.405. The minimum absolute atomic E-state index is 0.0206. The number of benzene rings is 1. The first kappa shape index (κ1) is 20.0. The smallest absolute Gasteiger partial charge is 0.428 e. The summed E-state index contributed by atoms with van der Waals surface area (Å²) in [6, 6.07) is 8.02. The summed E-state index contributed by atoms with van der Waals surface area (Å²) in [5.41, 5.74) is -3.30. The van der Waals surface area contributed by atoms with E-state index < -0.39 is 40.0 Å². The normalized spacial score (nSPS) is 22.0. The second-order valence-corrected chi connectivity index (χ2v) is 7.47. The number of amides is 1. The van der Waals surface area contributed by atoms with Gasteiger partial charge in [-0.1, -0.05) is 24.3 Å². The zero-order valence-electron chi connectivity index (χ0n) is 16.1. The number of ether oxygens (including phenoxy) is 1. The molecule has 4 heterocycles. The van der Waals surface area contributed by atoms with E-state index in [0.717, 1.165) is 12.3 Å². The van der Waals surface area contributed by atoms with Crippen LogP contribution in [-0.2, 0) is 27.9 Å². The van der Waals surface area contributed by atoms with Crippen LogP contribution in [0.4, 0.5) is 13.2 Å². The van der Waals surface area contributed by atoms with Crippen LogP contribution in [0, 0.1) is 10.1 Å². The highest BCUT2D eigenvalue weighted by molar-refractivity contribution is 6.05. The minimum atomic E-state index is -4.59. The number of pyridine rings is 1. The third-order valence-corrected chi connectivity index (χ3v) is 5.68. The average molecular weight is 446 g/mol. The van der Waals surface area contributed by atoms with E-state index in [9.17, 15) is 32.9 Å². The molecule has 0 bridgehead atoms. The first-order valence-electron chi connectivity index (χ1n) is 9.45. The van der Waals surface area contributed by atoms with Gasteiger partial charge in [0.15, 0.2) is 5.82 Å². The number of hydrogen-bond acceptors (Lipinski definition) is 7. The molecule has 9 nitrogen and oxygen atoms in total. The minimum Gasteiger partial charge on any atom is -0.428 e. The van der Waals surface area contributed by atoms with Gasteiger partial charge in [-0.05, 0) is 17.7 Å². The molecular weight excluding hydrogens is 433 g/mol. The number of nitro groups is 1. The van der Waals surface area contributed by atoms with Gasteiger partial charge in [-0.2, -0.15) is 13.2 Å². The van der Waals surface area contributed by atoms with E-state index >= 15 is 0 Å². The summed E-state index contributed by atoms with van der Waals surface area (Å²) in [5.74, 6) is -1.62. The van der Waals surface area contributed by atoms with Crippen LogP contribution < -0.4 is 0 Å². The molecule has 1 unspecified atom stereocenters. The van der Waals surface area contributed by atoms with Gasteiger partial charge < -0.3 is 9.64 Å². The van der Waals surface area contributed by atoms with Gasteiger partial charge in [0.05, 0.1) is 10.5 Å². The first-order valence-corrected chi connectivity index (χ1v) is 9.45. The third-order valence-electron chi connectivity index (χ3n) is 5.68. The number of carbonyl (C=O) groups excluding carboxylic acids is 2. The van der Waals surface area contributed by atoms with Gasteiger partial charge >= 0.3 is 23.4 Å². The molecular formula is C20H13F3N4O5.